The molecule has 0 bridgehead atoms. The van der Waals surface area contributed by atoms with Crippen molar-refractivity contribution in [2.75, 3.05) is 12.8 Å². The van der Waals surface area contributed by atoms with Crippen LogP contribution in [0.15, 0.2) is 34.2 Å². The summed E-state index contributed by atoms with van der Waals surface area (Å²) in [5.41, 5.74) is 0.331. The van der Waals surface area contributed by atoms with E-state index >= 15 is 0 Å². The van der Waals surface area contributed by atoms with E-state index in [0.29, 0.717) is 23.5 Å². The predicted molar refractivity (Wildman–Crippen MR) is 119 cm³/mol. The number of nitrogens with zero attached hydrogens (tertiary/aromatic N) is 6. The van der Waals surface area contributed by atoms with Gasteiger partial charge in [0.2, 0.25) is 5.91 Å². The topological polar surface area (TPSA) is 108 Å². The van der Waals surface area contributed by atoms with Crippen LogP contribution in [-0.4, -0.2) is 48.5 Å². The van der Waals surface area contributed by atoms with Crippen LogP contribution in [0.3, 0.4) is 0 Å². The van der Waals surface area contributed by atoms with Crippen LogP contribution in [0.25, 0.3) is 10.9 Å². The van der Waals surface area contributed by atoms with Crippen LogP contribution in [-0.2, 0) is 17.8 Å². The highest BCUT2D eigenvalue weighted by Crippen LogP contribution is 2.33. The molecule has 3 aromatic rings. The third-order valence-electron chi connectivity index (χ3n) is 5.69. The maximum atomic E-state index is 12.4. The number of thioether (sulfide) groups is 1. The van der Waals surface area contributed by atoms with Gasteiger partial charge in [0.05, 0.1) is 11.9 Å². The Hall–Kier alpha value is -2.75. The fraction of sp³-hybridized carbons (Fsp3) is 0.524. The van der Waals surface area contributed by atoms with Crippen molar-refractivity contribution in [3.8, 4) is 0 Å². The van der Waals surface area contributed by atoms with Gasteiger partial charge in [0.25, 0.3) is 5.56 Å². The van der Waals surface area contributed by atoms with Crippen LogP contribution in [0.5, 0.6) is 0 Å². The third kappa shape index (κ3) is 4.95. The lowest BCUT2D eigenvalue weighted by molar-refractivity contribution is -0.121. The predicted octanol–water partition coefficient (Wildman–Crippen LogP) is 2.36. The Bertz CT molecular complexity index is 1100. The minimum absolute atomic E-state index is 0.107. The van der Waals surface area contributed by atoms with Crippen molar-refractivity contribution in [2.24, 2.45) is 0 Å². The minimum atomic E-state index is -0.228. The molecule has 1 aromatic carbocycles. The molecule has 0 saturated heterocycles. The molecule has 1 amide bonds. The zero-order valence-corrected chi connectivity index (χ0v) is 18.5. The van der Waals surface area contributed by atoms with E-state index in [-0.39, 0.29) is 24.4 Å². The fourth-order valence-corrected chi connectivity index (χ4v) is 4.66. The van der Waals surface area contributed by atoms with Crippen LogP contribution < -0.4 is 10.9 Å². The number of hydrogen-bond donors (Lipinski definition) is 1. The number of rotatable bonds is 9. The van der Waals surface area contributed by atoms with Crippen molar-refractivity contribution in [1.82, 2.24) is 35.1 Å². The van der Waals surface area contributed by atoms with Gasteiger partial charge in [-0.2, -0.15) is 0 Å². The number of carbonyl (C=O) groups excluding carboxylic acids is 1. The summed E-state index contributed by atoms with van der Waals surface area (Å²) >= 11 is 1.63. The second kappa shape index (κ2) is 10.0. The van der Waals surface area contributed by atoms with Crippen molar-refractivity contribution >= 4 is 28.6 Å². The Morgan fingerprint density at radius 2 is 2.00 bits per heavy atom. The molecule has 2 aromatic heterocycles. The first kappa shape index (κ1) is 21.5. The van der Waals surface area contributed by atoms with E-state index in [1.54, 1.807) is 30.0 Å². The summed E-state index contributed by atoms with van der Waals surface area (Å²) in [5.74, 6) is 0.896. The number of aryl methyl sites for hydroxylation is 2. The highest BCUT2D eigenvalue weighted by atomic mass is 32.2. The van der Waals surface area contributed by atoms with Gasteiger partial charge in [0.1, 0.15) is 11.3 Å². The summed E-state index contributed by atoms with van der Waals surface area (Å²) in [5, 5.41) is 21.1. The number of hydrogen-bond acceptors (Lipinski definition) is 7. The summed E-state index contributed by atoms with van der Waals surface area (Å²) in [6.07, 6.45) is 8.68. The molecule has 1 fully saturated rings. The van der Waals surface area contributed by atoms with Crippen LogP contribution in [0.1, 0.15) is 50.4 Å². The van der Waals surface area contributed by atoms with E-state index in [2.05, 4.69) is 30.4 Å². The molecular weight excluding hydrogens is 414 g/mol. The monoisotopic (exact) mass is 441 g/mol. The number of amides is 1. The normalized spacial score (nSPS) is 14.4. The van der Waals surface area contributed by atoms with Crippen molar-refractivity contribution in [3.63, 3.8) is 0 Å². The molecule has 2 heterocycles. The maximum Gasteiger partial charge on any atom is 0.277 e. The van der Waals surface area contributed by atoms with Crippen molar-refractivity contribution in [3.05, 3.63) is 40.4 Å². The molecule has 9 nitrogen and oxygen atoms in total. The Labute approximate surface area is 184 Å². The van der Waals surface area contributed by atoms with Gasteiger partial charge in [-0.3, -0.25) is 9.59 Å². The molecule has 0 radical (unpaired) electrons. The molecule has 1 saturated carbocycles. The number of aromatic nitrogens is 6. The first-order valence-electron chi connectivity index (χ1n) is 10.7. The highest BCUT2D eigenvalue weighted by molar-refractivity contribution is 7.98. The van der Waals surface area contributed by atoms with Crippen LogP contribution >= 0.6 is 11.8 Å². The SMILES string of the molecule is CSc1nnc(CCCNC(=O)CCn2nnc3ccccc3c2=O)n1C1CCCC1. The number of fused-ring (bicyclic) bond motifs is 1. The molecule has 0 unspecified atom stereocenters. The molecule has 1 aliphatic rings. The molecule has 10 heteroatoms. The van der Waals surface area contributed by atoms with Gasteiger partial charge >= 0.3 is 0 Å². The molecule has 0 spiro atoms. The summed E-state index contributed by atoms with van der Waals surface area (Å²) in [4.78, 5) is 24.7. The molecular formula is C21H27N7O2S. The average Bonchev–Trinajstić information content (AvgIpc) is 3.46. The molecule has 0 atom stereocenters. The Balaban J connectivity index is 1.26. The number of carbonyl (C=O) groups is 1. The maximum absolute atomic E-state index is 12.4. The molecule has 4 rings (SSSR count). The van der Waals surface area contributed by atoms with Gasteiger partial charge in [0, 0.05) is 25.4 Å². The molecule has 1 N–H and O–H groups in total. The quantitative estimate of drug-likeness (QED) is 0.401. The first-order chi connectivity index (χ1) is 15.2. The summed E-state index contributed by atoms with van der Waals surface area (Å²) in [6, 6.07) is 7.57. The first-order valence-corrected chi connectivity index (χ1v) is 12.0. The Morgan fingerprint density at radius 3 is 2.81 bits per heavy atom. The summed E-state index contributed by atoms with van der Waals surface area (Å²) in [7, 11) is 0. The number of nitrogens with one attached hydrogen (secondary N) is 1. The van der Waals surface area contributed by atoms with E-state index in [1.165, 1.54) is 30.4 Å². The largest absolute Gasteiger partial charge is 0.356 e. The smallest absolute Gasteiger partial charge is 0.277 e. The highest BCUT2D eigenvalue weighted by Gasteiger charge is 2.23. The van der Waals surface area contributed by atoms with E-state index in [4.69, 9.17) is 0 Å². The zero-order chi connectivity index (χ0) is 21.6. The van der Waals surface area contributed by atoms with Crippen LogP contribution in [0, 0.1) is 0 Å². The second-order valence-corrected chi connectivity index (χ2v) is 8.52. The molecule has 0 aliphatic heterocycles. The molecule has 31 heavy (non-hydrogen) atoms. The van der Waals surface area contributed by atoms with Crippen molar-refractivity contribution in [1.29, 1.82) is 0 Å². The van der Waals surface area contributed by atoms with Crippen molar-refractivity contribution in [2.45, 2.75) is 62.7 Å². The van der Waals surface area contributed by atoms with E-state index in [1.807, 2.05) is 12.3 Å². The van der Waals surface area contributed by atoms with E-state index < -0.39 is 0 Å². The van der Waals surface area contributed by atoms with E-state index in [0.717, 1.165) is 23.8 Å². The third-order valence-corrected chi connectivity index (χ3v) is 6.33. The van der Waals surface area contributed by atoms with Crippen LogP contribution in [0.4, 0.5) is 0 Å². The van der Waals surface area contributed by atoms with Gasteiger partial charge in [-0.05, 0) is 37.7 Å². The van der Waals surface area contributed by atoms with Crippen molar-refractivity contribution < 1.29 is 4.79 Å². The summed E-state index contributed by atoms with van der Waals surface area (Å²) < 4.78 is 3.54. The minimum Gasteiger partial charge on any atom is -0.356 e. The average molecular weight is 442 g/mol. The fourth-order valence-electron chi connectivity index (χ4n) is 4.09. The Morgan fingerprint density at radius 1 is 1.19 bits per heavy atom. The molecule has 1 aliphatic carbocycles. The Kier molecular flexibility index (Phi) is 6.96. The zero-order valence-electron chi connectivity index (χ0n) is 17.7. The van der Waals surface area contributed by atoms with Gasteiger partial charge < -0.3 is 9.88 Å². The lowest BCUT2D eigenvalue weighted by Gasteiger charge is -2.16. The standard InChI is InChI=1S/C21H27N7O2S/c1-31-21-25-24-18(28(21)15-7-2-3-8-15)11-6-13-22-19(29)12-14-27-20(30)16-9-4-5-10-17(16)23-26-27/h4-5,9-10,15H,2-3,6-8,11-14H2,1H3,(H,22,29). The van der Waals surface area contributed by atoms with Gasteiger partial charge in [0.15, 0.2) is 5.16 Å². The van der Waals surface area contributed by atoms with Gasteiger partial charge in [-0.15, -0.1) is 15.3 Å². The van der Waals surface area contributed by atoms with Gasteiger partial charge in [-0.1, -0.05) is 41.9 Å². The summed E-state index contributed by atoms with van der Waals surface area (Å²) in [6.45, 7) is 0.763. The second-order valence-electron chi connectivity index (χ2n) is 7.75. The van der Waals surface area contributed by atoms with Gasteiger partial charge in [-0.25, -0.2) is 4.68 Å². The van der Waals surface area contributed by atoms with Crippen LogP contribution in [0.2, 0.25) is 0 Å². The lowest BCUT2D eigenvalue weighted by Crippen LogP contribution is -2.30. The number of benzene rings is 1. The lowest BCUT2D eigenvalue weighted by atomic mass is 10.2. The van der Waals surface area contributed by atoms with E-state index in [9.17, 15) is 9.59 Å². The molecule has 164 valence electrons.